The fourth-order valence-corrected chi connectivity index (χ4v) is 0.226. The highest BCUT2D eigenvalue weighted by atomic mass is 16.6. The van der Waals surface area contributed by atoms with Crippen LogP contribution in [0.1, 0.15) is 0 Å². The first-order valence-corrected chi connectivity index (χ1v) is 2.64. The molecule has 0 aromatic carbocycles. The molecule has 1 amide bonds. The van der Waals surface area contributed by atoms with Crippen LogP contribution in [0.3, 0.4) is 0 Å². The van der Waals surface area contributed by atoms with Crippen LogP contribution in [-0.4, -0.2) is 25.1 Å². The third kappa shape index (κ3) is 2.91. The highest BCUT2D eigenvalue weighted by molar-refractivity contribution is 5.68. The van der Waals surface area contributed by atoms with Gasteiger partial charge in [-0.05, 0) is 12.7 Å². The van der Waals surface area contributed by atoms with Gasteiger partial charge in [0.05, 0.1) is 0 Å². The van der Waals surface area contributed by atoms with Crippen LogP contribution in [0.4, 0.5) is 4.79 Å². The Morgan fingerprint density at radius 2 is 2.10 bits per heavy atom. The van der Waals surface area contributed by atoms with Gasteiger partial charge in [-0.1, -0.05) is 6.58 Å². The van der Waals surface area contributed by atoms with Crippen LogP contribution in [0.2, 0.25) is 0 Å². The Bertz CT molecular complexity index is 161. The van der Waals surface area contributed by atoms with Crippen molar-refractivity contribution in [2.24, 2.45) is 0 Å². The summed E-state index contributed by atoms with van der Waals surface area (Å²) in [4.78, 5) is 11.9. The van der Waals surface area contributed by atoms with E-state index >= 15 is 0 Å². The molecule has 0 aromatic rings. The molecule has 0 atom stereocenters. The molecule has 0 fully saturated rings. The summed E-state index contributed by atoms with van der Waals surface area (Å²) in [5, 5.41) is 0. The molecule has 0 unspecified atom stereocenters. The third-order valence-corrected chi connectivity index (χ3v) is 0.735. The van der Waals surface area contributed by atoms with E-state index in [9.17, 15) is 4.79 Å². The van der Waals surface area contributed by atoms with Crippen LogP contribution in [0.5, 0.6) is 0 Å². The van der Waals surface area contributed by atoms with E-state index in [1.807, 2.05) is 0 Å². The van der Waals surface area contributed by atoms with Gasteiger partial charge in [-0.2, -0.15) is 0 Å². The van der Waals surface area contributed by atoms with Gasteiger partial charge in [0.1, 0.15) is 5.76 Å². The monoisotopic (exact) mass is 139 g/mol. The number of rotatable bonds is 2. The number of carbonyl (C=O) groups excluding carboxylic acids is 1. The molecule has 10 heavy (non-hydrogen) atoms. The predicted octanol–water partition coefficient (Wildman–Crippen LogP) is 0.991. The van der Waals surface area contributed by atoms with Gasteiger partial charge < -0.3 is 9.64 Å². The molecule has 0 spiro atoms. The van der Waals surface area contributed by atoms with E-state index in [0.717, 1.165) is 6.08 Å². The highest BCUT2D eigenvalue weighted by Gasteiger charge is 2.03. The summed E-state index contributed by atoms with van der Waals surface area (Å²) in [5.74, 6) is -0.0984. The maximum atomic E-state index is 10.6. The SMILES string of the molecule is [CH]=CC(=[CH])OC(=O)N(C)C. The van der Waals surface area contributed by atoms with E-state index in [0.29, 0.717) is 0 Å². The van der Waals surface area contributed by atoms with Crippen molar-refractivity contribution in [3.05, 3.63) is 25.0 Å². The zero-order valence-electron chi connectivity index (χ0n) is 6.00. The Morgan fingerprint density at radius 1 is 1.60 bits per heavy atom. The lowest BCUT2D eigenvalue weighted by Crippen LogP contribution is -2.21. The molecule has 0 rings (SSSR count). The Hall–Kier alpha value is -1.25. The Morgan fingerprint density at radius 3 is 2.40 bits per heavy atom. The van der Waals surface area contributed by atoms with Crippen molar-refractivity contribution in [2.75, 3.05) is 14.1 Å². The molecule has 3 heteroatoms. The maximum absolute atomic E-state index is 10.6. The van der Waals surface area contributed by atoms with Gasteiger partial charge in [0.15, 0.2) is 0 Å². The summed E-state index contributed by atoms with van der Waals surface area (Å²) in [7, 11) is 3.10. The summed E-state index contributed by atoms with van der Waals surface area (Å²) in [6, 6.07) is 0. The molecule has 0 bridgehead atoms. The summed E-state index contributed by atoms with van der Waals surface area (Å²) in [5.41, 5.74) is 0. The van der Waals surface area contributed by atoms with Crippen LogP contribution in [0.15, 0.2) is 11.8 Å². The molecular weight excluding hydrogens is 130 g/mol. The van der Waals surface area contributed by atoms with Gasteiger partial charge in [-0.3, -0.25) is 0 Å². The van der Waals surface area contributed by atoms with E-state index in [-0.39, 0.29) is 5.76 Å². The molecule has 0 aliphatic carbocycles. The second-order valence-electron chi connectivity index (χ2n) is 1.83. The lowest BCUT2D eigenvalue weighted by atomic mass is 10.5. The second-order valence-corrected chi connectivity index (χ2v) is 1.83. The van der Waals surface area contributed by atoms with E-state index in [1.165, 1.54) is 4.90 Å². The molecule has 0 saturated heterocycles. The van der Waals surface area contributed by atoms with Crippen LogP contribution < -0.4 is 0 Å². The maximum Gasteiger partial charge on any atom is 0.414 e. The Balaban J connectivity index is 3.80. The topological polar surface area (TPSA) is 29.5 Å². The van der Waals surface area contributed by atoms with Gasteiger partial charge in [0.2, 0.25) is 0 Å². The van der Waals surface area contributed by atoms with Gasteiger partial charge >= 0.3 is 6.09 Å². The molecule has 54 valence electrons. The van der Waals surface area contributed by atoms with E-state index < -0.39 is 6.09 Å². The molecule has 0 aliphatic rings. The van der Waals surface area contributed by atoms with Crippen molar-refractivity contribution in [3.63, 3.8) is 0 Å². The lowest BCUT2D eigenvalue weighted by molar-refractivity contribution is 0.150. The number of allylic oxidation sites excluding steroid dienone is 1. The van der Waals surface area contributed by atoms with Gasteiger partial charge in [-0.15, -0.1) is 0 Å². The van der Waals surface area contributed by atoms with Crippen LogP contribution >= 0.6 is 0 Å². The molecule has 0 heterocycles. The molecule has 0 aromatic heterocycles. The molecular formula is C7H9NO2. The highest BCUT2D eigenvalue weighted by Crippen LogP contribution is 1.96. The first kappa shape index (κ1) is 8.75. The lowest BCUT2D eigenvalue weighted by Gasteiger charge is -2.09. The van der Waals surface area contributed by atoms with Crippen molar-refractivity contribution in [2.45, 2.75) is 0 Å². The van der Waals surface area contributed by atoms with Crippen molar-refractivity contribution in [1.82, 2.24) is 4.90 Å². The minimum absolute atomic E-state index is 0.0984. The standard InChI is InChI=1S/C7H9NO2/c1-5-6(2)10-7(9)8(3)4/h1-2,5H,3-4H3. The van der Waals surface area contributed by atoms with Crippen molar-refractivity contribution >= 4 is 6.09 Å². The average molecular weight is 139 g/mol. The zero-order valence-corrected chi connectivity index (χ0v) is 6.00. The quantitative estimate of drug-likeness (QED) is 0.421. The number of carbonyl (C=O) groups is 1. The smallest absolute Gasteiger partial charge is 0.410 e. The van der Waals surface area contributed by atoms with Crippen molar-refractivity contribution in [1.29, 1.82) is 0 Å². The first-order valence-electron chi connectivity index (χ1n) is 2.64. The summed E-state index contributed by atoms with van der Waals surface area (Å²) >= 11 is 0. The first-order chi connectivity index (χ1) is 4.57. The molecule has 0 N–H and O–H groups in total. The Labute approximate surface area is 60.6 Å². The average Bonchev–Trinajstić information content (AvgIpc) is 1.87. The number of hydrogen-bond donors (Lipinski definition) is 0. The normalized spacial score (nSPS) is 8.20. The van der Waals surface area contributed by atoms with Gasteiger partial charge in [0.25, 0.3) is 0 Å². The summed E-state index contributed by atoms with van der Waals surface area (Å²) in [6.45, 7) is 10.0. The molecule has 3 nitrogen and oxygen atoms in total. The third-order valence-electron chi connectivity index (χ3n) is 0.735. The summed E-state index contributed by atoms with van der Waals surface area (Å²) < 4.78 is 4.46. The number of amides is 1. The zero-order chi connectivity index (χ0) is 8.15. The minimum atomic E-state index is -0.542. The van der Waals surface area contributed by atoms with Crippen molar-refractivity contribution in [3.8, 4) is 0 Å². The van der Waals surface area contributed by atoms with Gasteiger partial charge in [-0.25, -0.2) is 4.79 Å². The number of hydrogen-bond acceptors (Lipinski definition) is 2. The number of ether oxygens (including phenoxy) is 1. The van der Waals surface area contributed by atoms with Crippen molar-refractivity contribution < 1.29 is 9.53 Å². The van der Waals surface area contributed by atoms with Crippen LogP contribution in [-0.2, 0) is 4.74 Å². The van der Waals surface area contributed by atoms with E-state index in [4.69, 9.17) is 13.2 Å². The second kappa shape index (κ2) is 3.71. The fraction of sp³-hybridized carbons (Fsp3) is 0.286. The van der Waals surface area contributed by atoms with Crippen LogP contribution in [0.25, 0.3) is 0 Å². The number of nitrogens with zero attached hydrogens (tertiary/aromatic N) is 1. The fourth-order valence-electron chi connectivity index (χ4n) is 0.226. The molecule has 0 aliphatic heterocycles. The predicted molar refractivity (Wildman–Crippen MR) is 36.9 cm³/mol. The molecule has 0 saturated carbocycles. The van der Waals surface area contributed by atoms with Crippen LogP contribution in [0, 0.1) is 13.2 Å². The largest absolute Gasteiger partial charge is 0.414 e. The molecule has 2 radical (unpaired) electrons. The van der Waals surface area contributed by atoms with E-state index in [1.54, 1.807) is 14.1 Å². The Kier molecular flexibility index (Phi) is 3.25. The minimum Gasteiger partial charge on any atom is -0.410 e. The van der Waals surface area contributed by atoms with Gasteiger partial charge in [0, 0.05) is 14.1 Å². The summed E-state index contributed by atoms with van der Waals surface area (Å²) in [6.07, 6.45) is 0.473. The van der Waals surface area contributed by atoms with E-state index in [2.05, 4.69) is 4.74 Å².